The molecule has 136 valence electrons. The molecule has 1 aliphatic carbocycles. The number of carbonyl (C=O) groups excluding carboxylic acids is 1. The van der Waals surface area contributed by atoms with Crippen molar-refractivity contribution in [2.45, 2.75) is 54.2 Å². The highest BCUT2D eigenvalue weighted by atomic mass is 32.2. The van der Waals surface area contributed by atoms with E-state index in [0.29, 0.717) is 0 Å². The van der Waals surface area contributed by atoms with Gasteiger partial charge in [-0.15, -0.1) is 11.3 Å². The molecule has 1 amide bonds. The molecule has 1 aromatic carbocycles. The van der Waals surface area contributed by atoms with Crippen LogP contribution in [0.5, 0.6) is 0 Å². The first kappa shape index (κ1) is 18.9. The predicted molar refractivity (Wildman–Crippen MR) is 107 cm³/mol. The van der Waals surface area contributed by atoms with Crippen LogP contribution in [-0.2, 0) is 4.79 Å². The predicted octanol–water partition coefficient (Wildman–Crippen LogP) is 4.98. The Morgan fingerprint density at radius 3 is 2.65 bits per heavy atom. The van der Waals surface area contributed by atoms with Crippen molar-refractivity contribution in [3.63, 3.8) is 0 Å². The van der Waals surface area contributed by atoms with Crippen LogP contribution in [0.4, 0.5) is 0 Å². The van der Waals surface area contributed by atoms with Crippen LogP contribution in [0.25, 0.3) is 11.3 Å². The van der Waals surface area contributed by atoms with E-state index in [1.54, 1.807) is 23.3 Å². The maximum Gasteiger partial charge on any atom is 0.236 e. The Hall–Kier alpha value is -1.84. The zero-order chi connectivity index (χ0) is 18.6. The van der Waals surface area contributed by atoms with Crippen LogP contribution in [-0.4, -0.2) is 33.6 Å². The van der Waals surface area contributed by atoms with Gasteiger partial charge in [0.25, 0.3) is 0 Å². The number of amides is 1. The van der Waals surface area contributed by atoms with E-state index in [0.717, 1.165) is 47.7 Å². The topological polar surface area (TPSA) is 57.0 Å². The monoisotopic (exact) mass is 385 g/mol. The molecule has 3 rings (SSSR count). The molecule has 1 atom stereocenters. The summed E-state index contributed by atoms with van der Waals surface area (Å²) in [6.45, 7) is 1.90. The van der Waals surface area contributed by atoms with E-state index in [9.17, 15) is 10.1 Å². The molecule has 0 saturated heterocycles. The molecule has 0 spiro atoms. The third kappa shape index (κ3) is 3.94. The van der Waals surface area contributed by atoms with Crippen LogP contribution in [0.1, 0.15) is 39.0 Å². The van der Waals surface area contributed by atoms with Crippen LogP contribution in [0.2, 0.25) is 0 Å². The van der Waals surface area contributed by atoms with Crippen molar-refractivity contribution in [2.24, 2.45) is 0 Å². The summed E-state index contributed by atoms with van der Waals surface area (Å²) in [6, 6.07) is 12.5. The lowest BCUT2D eigenvalue weighted by molar-refractivity contribution is -0.133. The van der Waals surface area contributed by atoms with E-state index in [-0.39, 0.29) is 11.2 Å². The molecule has 0 aliphatic heterocycles. The molecule has 4 nitrogen and oxygen atoms in total. The second-order valence-corrected chi connectivity index (χ2v) is 9.17. The minimum atomic E-state index is -0.637. The summed E-state index contributed by atoms with van der Waals surface area (Å²) in [5, 5.41) is 11.5. The normalized spacial score (nSPS) is 17.3. The zero-order valence-electron chi connectivity index (χ0n) is 15.1. The van der Waals surface area contributed by atoms with Gasteiger partial charge in [0.05, 0.1) is 17.0 Å². The SMILES string of the molecule is C[C@@H](Sc1nc(-c2ccccc2)cs1)C(=O)N(C)C1(C#N)CCCCC1. The quantitative estimate of drug-likeness (QED) is 0.682. The highest BCUT2D eigenvalue weighted by Crippen LogP contribution is 2.35. The lowest BCUT2D eigenvalue weighted by Gasteiger charge is -2.40. The summed E-state index contributed by atoms with van der Waals surface area (Å²) in [5.41, 5.74) is 1.38. The van der Waals surface area contributed by atoms with Gasteiger partial charge in [-0.05, 0) is 19.8 Å². The Balaban J connectivity index is 1.68. The molecule has 1 heterocycles. The van der Waals surface area contributed by atoms with Gasteiger partial charge in [0.2, 0.25) is 5.91 Å². The highest BCUT2D eigenvalue weighted by molar-refractivity contribution is 8.02. The van der Waals surface area contributed by atoms with Gasteiger partial charge in [-0.2, -0.15) is 5.26 Å². The van der Waals surface area contributed by atoms with Gasteiger partial charge >= 0.3 is 0 Å². The maximum absolute atomic E-state index is 12.9. The van der Waals surface area contributed by atoms with E-state index in [1.807, 2.05) is 42.6 Å². The molecular formula is C20H23N3OS2. The minimum absolute atomic E-state index is 0.00918. The van der Waals surface area contributed by atoms with Crippen LogP contribution >= 0.6 is 23.1 Å². The molecule has 26 heavy (non-hydrogen) atoms. The van der Waals surface area contributed by atoms with Gasteiger partial charge in [-0.1, -0.05) is 61.4 Å². The van der Waals surface area contributed by atoms with Crippen LogP contribution in [0.15, 0.2) is 40.1 Å². The van der Waals surface area contributed by atoms with Gasteiger partial charge in [-0.25, -0.2) is 4.98 Å². The molecule has 0 N–H and O–H groups in total. The van der Waals surface area contributed by atoms with Crippen molar-refractivity contribution in [2.75, 3.05) is 7.05 Å². The lowest BCUT2D eigenvalue weighted by atomic mass is 9.81. The second kappa shape index (κ2) is 8.24. The van der Waals surface area contributed by atoms with Gasteiger partial charge in [-0.3, -0.25) is 4.79 Å². The number of hydrogen-bond acceptors (Lipinski definition) is 5. The van der Waals surface area contributed by atoms with Crippen molar-refractivity contribution in [3.05, 3.63) is 35.7 Å². The fourth-order valence-electron chi connectivity index (χ4n) is 3.40. The first-order valence-electron chi connectivity index (χ1n) is 8.92. The van der Waals surface area contributed by atoms with Crippen molar-refractivity contribution < 1.29 is 4.79 Å². The molecule has 6 heteroatoms. The largest absolute Gasteiger partial charge is 0.326 e. The zero-order valence-corrected chi connectivity index (χ0v) is 16.8. The smallest absolute Gasteiger partial charge is 0.236 e. The summed E-state index contributed by atoms with van der Waals surface area (Å²) in [6.07, 6.45) is 4.73. The number of benzene rings is 1. The van der Waals surface area contributed by atoms with E-state index in [2.05, 4.69) is 11.1 Å². The van der Waals surface area contributed by atoms with Crippen LogP contribution in [0, 0.1) is 11.3 Å². The van der Waals surface area contributed by atoms with Crippen molar-refractivity contribution in [1.29, 1.82) is 5.26 Å². The minimum Gasteiger partial charge on any atom is -0.326 e. The van der Waals surface area contributed by atoms with Crippen molar-refractivity contribution in [3.8, 4) is 17.3 Å². The maximum atomic E-state index is 12.9. The molecule has 1 aliphatic rings. The second-order valence-electron chi connectivity index (χ2n) is 6.73. The number of thiazole rings is 1. The summed E-state index contributed by atoms with van der Waals surface area (Å²) in [7, 11) is 1.78. The first-order chi connectivity index (χ1) is 12.6. The number of nitrogens with zero attached hydrogens (tertiary/aromatic N) is 3. The molecular weight excluding hydrogens is 362 g/mol. The van der Waals surface area contributed by atoms with Crippen LogP contribution < -0.4 is 0 Å². The molecule has 0 bridgehead atoms. The lowest BCUT2D eigenvalue weighted by Crippen LogP contribution is -2.52. The molecule has 1 fully saturated rings. The van der Waals surface area contributed by atoms with E-state index >= 15 is 0 Å². The molecule has 1 aromatic heterocycles. The number of thioether (sulfide) groups is 1. The van der Waals surface area contributed by atoms with E-state index in [4.69, 9.17) is 0 Å². The number of carbonyl (C=O) groups is 1. The van der Waals surface area contributed by atoms with Gasteiger partial charge in [0.1, 0.15) is 5.54 Å². The van der Waals surface area contributed by atoms with E-state index < -0.39 is 5.54 Å². The van der Waals surface area contributed by atoms with Gasteiger partial charge in [0.15, 0.2) is 4.34 Å². The van der Waals surface area contributed by atoms with Crippen molar-refractivity contribution in [1.82, 2.24) is 9.88 Å². The highest BCUT2D eigenvalue weighted by Gasteiger charge is 2.40. The Morgan fingerprint density at radius 2 is 2.00 bits per heavy atom. The third-order valence-electron chi connectivity index (χ3n) is 5.04. The number of aromatic nitrogens is 1. The molecule has 0 radical (unpaired) electrons. The summed E-state index contributed by atoms with van der Waals surface area (Å²) >= 11 is 3.03. The van der Waals surface area contributed by atoms with Gasteiger partial charge in [0, 0.05) is 18.0 Å². The Morgan fingerprint density at radius 1 is 1.31 bits per heavy atom. The molecule has 2 aromatic rings. The average Bonchev–Trinajstić information content (AvgIpc) is 3.16. The average molecular weight is 386 g/mol. The molecule has 1 saturated carbocycles. The van der Waals surface area contributed by atoms with Crippen LogP contribution in [0.3, 0.4) is 0 Å². The summed E-state index contributed by atoms with van der Waals surface area (Å²) in [4.78, 5) is 19.3. The Labute approximate surface area is 163 Å². The Kier molecular flexibility index (Phi) is 6.00. The Bertz CT molecular complexity index is 791. The molecule has 0 unspecified atom stereocenters. The fourth-order valence-corrected chi connectivity index (χ4v) is 5.46. The fraction of sp³-hybridized carbons (Fsp3) is 0.450. The van der Waals surface area contributed by atoms with Crippen molar-refractivity contribution >= 4 is 29.0 Å². The number of hydrogen-bond donors (Lipinski definition) is 0. The number of rotatable bonds is 5. The first-order valence-corrected chi connectivity index (χ1v) is 10.7. The van der Waals surface area contributed by atoms with E-state index in [1.165, 1.54) is 11.8 Å². The third-order valence-corrected chi connectivity index (χ3v) is 7.10. The summed E-state index contributed by atoms with van der Waals surface area (Å²) in [5.74, 6) is 0.00918. The standard InChI is InChI=1S/C20H23N3OS2/c1-15(18(24)23(2)20(14-21)11-7-4-8-12-20)26-19-22-17(13-25-19)16-9-5-3-6-10-16/h3,5-6,9-10,13,15H,4,7-8,11-12H2,1-2H3/t15-/m1/s1. The van der Waals surface area contributed by atoms with Gasteiger partial charge < -0.3 is 4.90 Å². The number of nitriles is 1. The summed E-state index contributed by atoms with van der Waals surface area (Å²) < 4.78 is 0.882.